The van der Waals surface area contributed by atoms with Crippen molar-refractivity contribution >= 4 is 11.6 Å². The molecule has 1 amide bonds. The summed E-state index contributed by atoms with van der Waals surface area (Å²) in [6.07, 6.45) is 1.61. The molecule has 0 fully saturated rings. The Morgan fingerprint density at radius 3 is 2.30 bits per heavy atom. The molecule has 23 heavy (non-hydrogen) atoms. The van der Waals surface area contributed by atoms with Crippen molar-refractivity contribution in [1.82, 2.24) is 9.78 Å². The van der Waals surface area contributed by atoms with Crippen LogP contribution in [0.15, 0.2) is 54.7 Å². The van der Waals surface area contributed by atoms with E-state index < -0.39 is 0 Å². The normalized spacial score (nSPS) is 10.6. The van der Waals surface area contributed by atoms with Crippen LogP contribution in [0.3, 0.4) is 0 Å². The molecule has 0 saturated carbocycles. The smallest absolute Gasteiger partial charge is 0.259 e. The number of para-hydroxylation sites is 1. The summed E-state index contributed by atoms with van der Waals surface area (Å²) < 4.78 is 1.77. The molecule has 4 nitrogen and oxygen atoms in total. The average molecular weight is 305 g/mol. The zero-order chi connectivity index (χ0) is 16.4. The van der Waals surface area contributed by atoms with E-state index in [1.54, 1.807) is 10.9 Å². The lowest BCUT2D eigenvalue weighted by Crippen LogP contribution is -2.13. The van der Waals surface area contributed by atoms with Crippen molar-refractivity contribution in [3.63, 3.8) is 0 Å². The number of aryl methyl sites for hydroxylation is 2. The van der Waals surface area contributed by atoms with Gasteiger partial charge >= 0.3 is 0 Å². The highest BCUT2D eigenvalue weighted by molar-refractivity contribution is 6.05. The van der Waals surface area contributed by atoms with Crippen LogP contribution in [0.25, 0.3) is 5.69 Å². The number of hydrogen-bond acceptors (Lipinski definition) is 2. The number of amides is 1. The number of benzene rings is 2. The fourth-order valence-electron chi connectivity index (χ4n) is 2.71. The number of nitrogens with zero attached hydrogens (tertiary/aromatic N) is 2. The lowest BCUT2D eigenvalue weighted by atomic mass is 10.1. The molecule has 116 valence electrons. The third-order valence-corrected chi connectivity index (χ3v) is 3.73. The predicted molar refractivity (Wildman–Crippen MR) is 92.2 cm³/mol. The first-order valence-electron chi connectivity index (χ1n) is 7.54. The Kier molecular flexibility index (Phi) is 3.98. The maximum Gasteiger partial charge on any atom is 0.259 e. The Balaban J connectivity index is 1.87. The summed E-state index contributed by atoms with van der Waals surface area (Å²) in [4.78, 5) is 12.5. The summed E-state index contributed by atoms with van der Waals surface area (Å²) in [5.41, 5.74) is 5.38. The van der Waals surface area contributed by atoms with Gasteiger partial charge in [0.1, 0.15) is 0 Å². The van der Waals surface area contributed by atoms with Gasteiger partial charge in [-0.1, -0.05) is 24.3 Å². The Morgan fingerprint density at radius 1 is 1.00 bits per heavy atom. The molecule has 1 heterocycles. The van der Waals surface area contributed by atoms with Crippen molar-refractivity contribution in [3.8, 4) is 5.69 Å². The van der Waals surface area contributed by atoms with E-state index >= 15 is 0 Å². The van der Waals surface area contributed by atoms with Crippen molar-refractivity contribution in [2.24, 2.45) is 0 Å². The largest absolute Gasteiger partial charge is 0.322 e. The number of carbonyl (C=O) groups excluding carboxylic acids is 1. The fourth-order valence-corrected chi connectivity index (χ4v) is 2.71. The molecule has 0 bridgehead atoms. The number of carbonyl (C=O) groups is 1. The van der Waals surface area contributed by atoms with E-state index in [1.165, 1.54) is 0 Å². The lowest BCUT2D eigenvalue weighted by molar-refractivity contribution is 0.102. The van der Waals surface area contributed by atoms with Crippen LogP contribution in [0.2, 0.25) is 0 Å². The van der Waals surface area contributed by atoms with Crippen LogP contribution in [-0.4, -0.2) is 15.7 Å². The van der Waals surface area contributed by atoms with Crippen molar-refractivity contribution in [2.75, 3.05) is 5.32 Å². The predicted octanol–water partition coefficient (Wildman–Crippen LogP) is 4.05. The molecule has 1 N–H and O–H groups in total. The Hall–Kier alpha value is -2.88. The second-order valence-electron chi connectivity index (χ2n) is 5.72. The molecule has 3 rings (SSSR count). The zero-order valence-corrected chi connectivity index (χ0v) is 13.5. The van der Waals surface area contributed by atoms with Gasteiger partial charge in [0, 0.05) is 5.69 Å². The molecule has 2 aromatic carbocycles. The summed E-state index contributed by atoms with van der Waals surface area (Å²) >= 11 is 0. The summed E-state index contributed by atoms with van der Waals surface area (Å²) in [5, 5.41) is 7.29. The Bertz CT molecular complexity index is 830. The molecule has 3 aromatic rings. The summed E-state index contributed by atoms with van der Waals surface area (Å²) in [6, 6.07) is 15.8. The summed E-state index contributed by atoms with van der Waals surface area (Å²) in [6.45, 7) is 5.93. The van der Waals surface area contributed by atoms with Crippen molar-refractivity contribution in [3.05, 3.63) is 77.1 Å². The fraction of sp³-hybridized carbons (Fsp3) is 0.158. The second kappa shape index (κ2) is 6.08. The van der Waals surface area contributed by atoms with E-state index in [2.05, 4.69) is 16.5 Å². The van der Waals surface area contributed by atoms with Gasteiger partial charge in [-0.25, -0.2) is 4.68 Å². The molecule has 4 heteroatoms. The lowest BCUT2D eigenvalue weighted by Gasteiger charge is -2.08. The molecule has 0 aliphatic carbocycles. The van der Waals surface area contributed by atoms with Crippen LogP contribution in [-0.2, 0) is 0 Å². The van der Waals surface area contributed by atoms with Gasteiger partial charge in [-0.3, -0.25) is 4.79 Å². The maximum atomic E-state index is 12.5. The van der Waals surface area contributed by atoms with Crippen molar-refractivity contribution < 1.29 is 4.79 Å². The molecule has 0 radical (unpaired) electrons. The van der Waals surface area contributed by atoms with Gasteiger partial charge in [-0.05, 0) is 56.2 Å². The number of hydrogen-bond donors (Lipinski definition) is 1. The SMILES string of the molecule is Cc1cc(C)cc(NC(=O)c2cnn(-c3ccccc3)c2C)c1. The van der Waals surface area contributed by atoms with Gasteiger partial charge in [0.2, 0.25) is 0 Å². The highest BCUT2D eigenvalue weighted by atomic mass is 16.1. The third-order valence-electron chi connectivity index (χ3n) is 3.73. The number of rotatable bonds is 3. The van der Waals surface area contributed by atoms with Gasteiger partial charge in [0.25, 0.3) is 5.91 Å². The molecule has 0 saturated heterocycles. The van der Waals surface area contributed by atoms with E-state index in [-0.39, 0.29) is 5.91 Å². The molecular formula is C19H19N3O. The minimum absolute atomic E-state index is 0.144. The highest BCUT2D eigenvalue weighted by Gasteiger charge is 2.15. The van der Waals surface area contributed by atoms with Crippen LogP contribution in [0.1, 0.15) is 27.2 Å². The average Bonchev–Trinajstić information content (AvgIpc) is 2.89. The van der Waals surface area contributed by atoms with Crippen molar-refractivity contribution in [2.45, 2.75) is 20.8 Å². The van der Waals surface area contributed by atoms with Gasteiger partial charge in [-0.2, -0.15) is 5.10 Å². The van der Waals surface area contributed by atoms with Crippen LogP contribution >= 0.6 is 0 Å². The van der Waals surface area contributed by atoms with Gasteiger partial charge in [-0.15, -0.1) is 0 Å². The molecule has 0 aliphatic heterocycles. The van der Waals surface area contributed by atoms with E-state index in [0.717, 1.165) is 28.2 Å². The van der Waals surface area contributed by atoms with Crippen LogP contribution < -0.4 is 5.32 Å². The molecule has 0 spiro atoms. The van der Waals surface area contributed by atoms with Gasteiger partial charge in [0.15, 0.2) is 0 Å². The van der Waals surface area contributed by atoms with Crippen LogP contribution in [0, 0.1) is 20.8 Å². The van der Waals surface area contributed by atoms with Crippen molar-refractivity contribution in [1.29, 1.82) is 0 Å². The molecule has 0 atom stereocenters. The number of nitrogens with one attached hydrogen (secondary N) is 1. The first-order chi connectivity index (χ1) is 11.0. The first-order valence-corrected chi connectivity index (χ1v) is 7.54. The standard InChI is InChI=1S/C19H19N3O/c1-13-9-14(2)11-16(10-13)21-19(23)18-12-20-22(15(18)3)17-7-5-4-6-8-17/h4-12H,1-3H3,(H,21,23). The van der Waals surface area contributed by atoms with E-state index in [0.29, 0.717) is 5.56 Å². The first kappa shape index (κ1) is 15.0. The quantitative estimate of drug-likeness (QED) is 0.793. The van der Waals surface area contributed by atoms with E-state index in [9.17, 15) is 4.79 Å². The third kappa shape index (κ3) is 3.16. The Morgan fingerprint density at radius 2 is 1.65 bits per heavy atom. The topological polar surface area (TPSA) is 46.9 Å². The number of aromatic nitrogens is 2. The zero-order valence-electron chi connectivity index (χ0n) is 13.5. The minimum Gasteiger partial charge on any atom is -0.322 e. The highest BCUT2D eigenvalue weighted by Crippen LogP contribution is 2.18. The van der Waals surface area contributed by atoms with Crippen LogP contribution in [0.4, 0.5) is 5.69 Å². The van der Waals surface area contributed by atoms with E-state index in [1.807, 2.05) is 63.2 Å². The maximum absolute atomic E-state index is 12.5. The Labute approximate surface area is 135 Å². The molecule has 0 unspecified atom stereocenters. The molecular weight excluding hydrogens is 286 g/mol. The molecule has 0 aliphatic rings. The van der Waals surface area contributed by atoms with E-state index in [4.69, 9.17) is 0 Å². The number of anilines is 1. The van der Waals surface area contributed by atoms with Gasteiger partial charge in [0.05, 0.1) is 23.1 Å². The van der Waals surface area contributed by atoms with Gasteiger partial charge < -0.3 is 5.32 Å². The minimum atomic E-state index is -0.144. The molecule has 1 aromatic heterocycles. The second-order valence-corrected chi connectivity index (χ2v) is 5.72. The van der Waals surface area contributed by atoms with Crippen LogP contribution in [0.5, 0.6) is 0 Å². The summed E-state index contributed by atoms with van der Waals surface area (Å²) in [5.74, 6) is -0.144. The summed E-state index contributed by atoms with van der Waals surface area (Å²) in [7, 11) is 0. The monoisotopic (exact) mass is 305 g/mol.